The Morgan fingerprint density at radius 2 is 2.12 bits per heavy atom. The van der Waals surface area contributed by atoms with Gasteiger partial charge in [0.1, 0.15) is 5.75 Å². The normalized spacial score (nSPS) is 20.5. The van der Waals surface area contributed by atoms with Crippen LogP contribution < -0.4 is 15.3 Å². The van der Waals surface area contributed by atoms with Crippen molar-refractivity contribution >= 4 is 19.0 Å². The van der Waals surface area contributed by atoms with Crippen molar-refractivity contribution in [2.45, 2.75) is 18.8 Å². The molecule has 9 heteroatoms. The average Bonchev–Trinajstić information content (AvgIpc) is 2.61. The second-order valence-corrected chi connectivity index (χ2v) is 6.33. The number of carbonyl (C=O) groups is 2. The molecule has 2 heterocycles. The molecule has 0 spiro atoms. The van der Waals surface area contributed by atoms with Crippen molar-refractivity contribution in [3.8, 4) is 5.75 Å². The van der Waals surface area contributed by atoms with Crippen LogP contribution in [0.2, 0.25) is 0 Å². The Morgan fingerprint density at radius 1 is 1.36 bits per heavy atom. The molecule has 2 aliphatic heterocycles. The van der Waals surface area contributed by atoms with Gasteiger partial charge in [-0.1, -0.05) is 12.1 Å². The minimum atomic E-state index is -1.27. The molecule has 1 aromatic rings. The summed E-state index contributed by atoms with van der Waals surface area (Å²) >= 11 is 0. The maximum atomic E-state index is 12.2. The lowest BCUT2D eigenvalue weighted by molar-refractivity contribution is -0.121. The highest BCUT2D eigenvalue weighted by Crippen LogP contribution is 2.30. The molecule has 2 aliphatic rings. The van der Waals surface area contributed by atoms with Crippen molar-refractivity contribution in [1.29, 1.82) is 0 Å². The smallest absolute Gasteiger partial charge is 0.534 e. The molecule has 134 valence electrons. The van der Waals surface area contributed by atoms with Crippen molar-refractivity contribution < 1.29 is 24.4 Å². The zero-order valence-corrected chi connectivity index (χ0v) is 13.9. The number of rotatable bonds is 5. The van der Waals surface area contributed by atoms with Gasteiger partial charge in [-0.25, -0.2) is 4.79 Å². The van der Waals surface area contributed by atoms with E-state index in [-0.39, 0.29) is 17.2 Å². The molecule has 25 heavy (non-hydrogen) atoms. The summed E-state index contributed by atoms with van der Waals surface area (Å²) in [5.74, 6) is -1.67. The second-order valence-electron chi connectivity index (χ2n) is 6.33. The van der Waals surface area contributed by atoms with Crippen LogP contribution in [0, 0.1) is 0 Å². The van der Waals surface area contributed by atoms with Crippen LogP contribution in [0.4, 0.5) is 0 Å². The number of hydrogen-bond acceptors (Lipinski definition) is 6. The van der Waals surface area contributed by atoms with Crippen LogP contribution in [0.1, 0.15) is 22.3 Å². The number of benzene rings is 1. The van der Waals surface area contributed by atoms with Gasteiger partial charge in [-0.15, -0.1) is 0 Å². The molecule has 0 saturated carbocycles. The van der Waals surface area contributed by atoms with E-state index in [9.17, 15) is 19.7 Å². The fourth-order valence-electron chi connectivity index (χ4n) is 3.19. The standard InChI is InChI=1S/C16H22BN3O5/c21-14(4-7-20-8-5-18-6-9-20)19-13-10-11-2-1-3-12(16(22)23)15(11)25-17(13)24/h1-3,13,18,24H,4-10H2,(H,19,21)(H,22,23). The maximum Gasteiger partial charge on any atom is 0.547 e. The number of amides is 1. The minimum Gasteiger partial charge on any atom is -0.534 e. The van der Waals surface area contributed by atoms with Gasteiger partial charge < -0.3 is 30.3 Å². The van der Waals surface area contributed by atoms with Crippen molar-refractivity contribution in [3.63, 3.8) is 0 Å². The first-order valence-electron chi connectivity index (χ1n) is 8.47. The number of nitrogens with one attached hydrogen (secondary N) is 2. The Kier molecular flexibility index (Phi) is 5.57. The maximum absolute atomic E-state index is 12.2. The topological polar surface area (TPSA) is 111 Å². The molecule has 8 nitrogen and oxygen atoms in total. The lowest BCUT2D eigenvalue weighted by Crippen LogP contribution is -2.53. The van der Waals surface area contributed by atoms with Crippen LogP contribution in [0.25, 0.3) is 0 Å². The molecule has 1 saturated heterocycles. The van der Waals surface area contributed by atoms with Crippen LogP contribution in [0.15, 0.2) is 18.2 Å². The fraction of sp³-hybridized carbons (Fsp3) is 0.500. The van der Waals surface area contributed by atoms with Gasteiger partial charge in [0.15, 0.2) is 0 Å². The fourth-order valence-corrected chi connectivity index (χ4v) is 3.19. The first-order chi connectivity index (χ1) is 12.0. The highest BCUT2D eigenvalue weighted by molar-refractivity contribution is 6.47. The lowest BCUT2D eigenvalue weighted by atomic mass is 9.72. The monoisotopic (exact) mass is 347 g/mol. The molecule has 0 aliphatic carbocycles. The van der Waals surface area contributed by atoms with Crippen LogP contribution >= 0.6 is 0 Å². The van der Waals surface area contributed by atoms with Gasteiger partial charge in [0.2, 0.25) is 5.91 Å². The van der Waals surface area contributed by atoms with Crippen molar-refractivity contribution in [2.75, 3.05) is 32.7 Å². The molecule has 1 amide bonds. The summed E-state index contributed by atoms with van der Waals surface area (Å²) in [4.78, 5) is 25.6. The quantitative estimate of drug-likeness (QED) is 0.512. The minimum absolute atomic E-state index is 0.0139. The zero-order chi connectivity index (χ0) is 17.8. The van der Waals surface area contributed by atoms with E-state index >= 15 is 0 Å². The van der Waals surface area contributed by atoms with Crippen molar-refractivity contribution in [1.82, 2.24) is 15.5 Å². The van der Waals surface area contributed by atoms with E-state index in [0.717, 1.165) is 26.2 Å². The Labute approximate surface area is 146 Å². The van der Waals surface area contributed by atoms with Gasteiger partial charge in [-0.05, 0) is 18.1 Å². The Morgan fingerprint density at radius 3 is 2.84 bits per heavy atom. The number of hydrogen-bond donors (Lipinski definition) is 4. The number of fused-ring (bicyclic) bond motifs is 1. The van der Waals surface area contributed by atoms with Crippen LogP contribution in [-0.2, 0) is 11.2 Å². The molecule has 0 bridgehead atoms. The van der Waals surface area contributed by atoms with E-state index in [2.05, 4.69) is 15.5 Å². The largest absolute Gasteiger partial charge is 0.547 e. The molecule has 4 N–H and O–H groups in total. The summed E-state index contributed by atoms with van der Waals surface area (Å²) < 4.78 is 5.37. The van der Waals surface area contributed by atoms with E-state index in [4.69, 9.17) is 4.65 Å². The number of carboxylic acid groups (broad SMARTS) is 1. The highest BCUT2D eigenvalue weighted by Gasteiger charge is 2.37. The molecule has 1 atom stereocenters. The van der Waals surface area contributed by atoms with Gasteiger partial charge in [0.25, 0.3) is 0 Å². The van der Waals surface area contributed by atoms with Gasteiger partial charge in [0.05, 0.1) is 11.5 Å². The summed E-state index contributed by atoms with van der Waals surface area (Å²) in [6.45, 7) is 4.39. The van der Waals surface area contributed by atoms with E-state index < -0.39 is 19.0 Å². The third-order valence-corrected chi connectivity index (χ3v) is 4.56. The first-order valence-corrected chi connectivity index (χ1v) is 8.47. The van der Waals surface area contributed by atoms with Crippen LogP contribution in [-0.4, -0.2) is 72.7 Å². The Hall–Kier alpha value is -2.10. The lowest BCUT2D eigenvalue weighted by Gasteiger charge is -2.30. The van der Waals surface area contributed by atoms with E-state index in [1.165, 1.54) is 6.07 Å². The predicted octanol–water partition coefficient (Wildman–Crippen LogP) is -0.880. The second kappa shape index (κ2) is 7.86. The summed E-state index contributed by atoms with van der Waals surface area (Å²) in [5, 5.41) is 25.4. The Balaban J connectivity index is 1.57. The van der Waals surface area contributed by atoms with Crippen molar-refractivity contribution in [3.05, 3.63) is 29.3 Å². The highest BCUT2D eigenvalue weighted by atomic mass is 16.5. The third-order valence-electron chi connectivity index (χ3n) is 4.56. The third kappa shape index (κ3) is 4.30. The van der Waals surface area contributed by atoms with Gasteiger partial charge in [-0.3, -0.25) is 4.79 Å². The molecular weight excluding hydrogens is 325 g/mol. The molecule has 1 fully saturated rings. The number of carbonyl (C=O) groups excluding carboxylic acids is 1. The first kappa shape index (κ1) is 17.7. The van der Waals surface area contributed by atoms with E-state index in [0.29, 0.717) is 24.9 Å². The number of carboxylic acids is 1. The summed E-state index contributed by atoms with van der Waals surface area (Å²) in [5.41, 5.74) is 0.678. The number of nitrogens with zero attached hydrogens (tertiary/aromatic N) is 1. The Bertz CT molecular complexity index is 651. The zero-order valence-electron chi connectivity index (χ0n) is 13.9. The van der Waals surface area contributed by atoms with Crippen LogP contribution in [0.5, 0.6) is 5.75 Å². The molecule has 1 unspecified atom stereocenters. The number of para-hydroxylation sites is 1. The van der Waals surface area contributed by atoms with Crippen LogP contribution in [0.3, 0.4) is 0 Å². The van der Waals surface area contributed by atoms with E-state index in [1.54, 1.807) is 12.1 Å². The SMILES string of the molecule is O=C(CCN1CCNCC1)NC1Cc2cccc(C(=O)O)c2OB1O. The van der Waals surface area contributed by atoms with Gasteiger partial charge in [-0.2, -0.15) is 0 Å². The van der Waals surface area contributed by atoms with Crippen molar-refractivity contribution in [2.24, 2.45) is 0 Å². The van der Waals surface area contributed by atoms with Gasteiger partial charge in [0, 0.05) is 39.1 Å². The van der Waals surface area contributed by atoms with E-state index in [1.807, 2.05) is 0 Å². The predicted molar refractivity (Wildman–Crippen MR) is 91.6 cm³/mol. The number of aromatic carboxylic acids is 1. The summed E-state index contributed by atoms with van der Waals surface area (Å²) in [6, 6.07) is 4.81. The average molecular weight is 347 g/mol. The van der Waals surface area contributed by atoms with Gasteiger partial charge >= 0.3 is 13.1 Å². The molecule has 1 aromatic carbocycles. The molecule has 0 radical (unpaired) electrons. The molecule has 0 aromatic heterocycles. The summed E-state index contributed by atoms with van der Waals surface area (Å²) in [7, 11) is -1.27. The number of piperazine rings is 1. The molecular formula is C16H22BN3O5. The summed E-state index contributed by atoms with van der Waals surface area (Å²) in [6.07, 6.45) is 0.683. The molecule has 3 rings (SSSR count).